The number of amides is 1. The highest BCUT2D eigenvalue weighted by molar-refractivity contribution is 5.98. The van der Waals surface area contributed by atoms with E-state index in [1.165, 1.54) is 24.5 Å². The minimum absolute atomic E-state index is 0.0363. The third-order valence-electron chi connectivity index (χ3n) is 4.57. The third-order valence-corrected chi connectivity index (χ3v) is 4.57. The molecule has 6 nitrogen and oxygen atoms in total. The van der Waals surface area contributed by atoms with Crippen molar-refractivity contribution in [2.75, 3.05) is 0 Å². The molecule has 2 bridgehead atoms. The Bertz CT molecular complexity index is 718. The zero-order valence-corrected chi connectivity index (χ0v) is 11.8. The molecule has 2 aliphatic rings. The molecule has 2 aromatic rings. The molecule has 7 heteroatoms. The molecule has 3 heterocycles. The molecule has 1 unspecified atom stereocenters. The lowest BCUT2D eigenvalue weighted by Crippen LogP contribution is -2.38. The number of aromatic nitrogens is 3. The van der Waals surface area contributed by atoms with Crippen LogP contribution in [0.2, 0.25) is 0 Å². The van der Waals surface area contributed by atoms with Crippen LogP contribution < -0.4 is 0 Å². The molecule has 0 saturated carbocycles. The number of aliphatic hydroxyl groups is 1. The maximum Gasteiger partial charge on any atom is 0.256 e. The Morgan fingerprint density at radius 3 is 2.68 bits per heavy atom. The summed E-state index contributed by atoms with van der Waals surface area (Å²) in [6.07, 6.45) is 4.66. The Balaban J connectivity index is 1.78. The fourth-order valence-corrected chi connectivity index (χ4v) is 3.64. The zero-order valence-electron chi connectivity index (χ0n) is 11.8. The number of halogens is 1. The first kappa shape index (κ1) is 13.4. The Kier molecular flexibility index (Phi) is 2.97. The molecule has 1 N–H and O–H groups in total. The molecule has 1 aromatic heterocycles. The maximum absolute atomic E-state index is 14.2. The molecule has 1 aromatic carbocycles. The van der Waals surface area contributed by atoms with E-state index in [0.29, 0.717) is 6.42 Å². The summed E-state index contributed by atoms with van der Waals surface area (Å²) in [4.78, 5) is 15.7. The molecule has 0 aliphatic carbocycles. The Hall–Kier alpha value is -2.28. The van der Waals surface area contributed by atoms with Gasteiger partial charge in [-0.2, -0.15) is 10.2 Å². The van der Waals surface area contributed by atoms with Crippen LogP contribution in [0.25, 0.3) is 5.69 Å². The molecule has 2 saturated heterocycles. The van der Waals surface area contributed by atoms with E-state index < -0.39 is 11.9 Å². The number of hydrogen-bond acceptors (Lipinski definition) is 4. The SMILES string of the molecule is O=C(c1cccc(F)c1-n1nccn1)N1C2CC[C@H]1[C@H](O)C2. The summed E-state index contributed by atoms with van der Waals surface area (Å²) >= 11 is 0. The van der Waals surface area contributed by atoms with Crippen LogP contribution in [0.15, 0.2) is 30.6 Å². The molecule has 0 radical (unpaired) electrons. The van der Waals surface area contributed by atoms with Crippen molar-refractivity contribution < 1.29 is 14.3 Å². The van der Waals surface area contributed by atoms with E-state index in [-0.39, 0.29) is 29.2 Å². The number of aliphatic hydroxyl groups excluding tert-OH is 1. The number of benzene rings is 1. The first-order valence-electron chi connectivity index (χ1n) is 7.32. The van der Waals surface area contributed by atoms with Gasteiger partial charge >= 0.3 is 0 Å². The van der Waals surface area contributed by atoms with E-state index in [1.54, 1.807) is 11.0 Å². The predicted octanol–water partition coefficient (Wildman–Crippen LogP) is 1.14. The van der Waals surface area contributed by atoms with Crippen molar-refractivity contribution in [3.63, 3.8) is 0 Å². The maximum atomic E-state index is 14.2. The minimum atomic E-state index is -0.547. The van der Waals surface area contributed by atoms with Crippen LogP contribution in [0.4, 0.5) is 4.39 Å². The second kappa shape index (κ2) is 4.88. The van der Waals surface area contributed by atoms with Crippen LogP contribution in [0, 0.1) is 5.82 Å². The molecular formula is C15H15FN4O2. The van der Waals surface area contributed by atoms with Gasteiger partial charge in [-0.25, -0.2) is 4.39 Å². The lowest BCUT2D eigenvalue weighted by Gasteiger charge is -2.23. The summed E-state index contributed by atoms with van der Waals surface area (Å²) in [6, 6.07) is 4.23. The highest BCUT2D eigenvalue weighted by Crippen LogP contribution is 2.39. The van der Waals surface area contributed by atoms with Crippen molar-refractivity contribution in [2.24, 2.45) is 0 Å². The van der Waals surface area contributed by atoms with Gasteiger partial charge < -0.3 is 10.0 Å². The van der Waals surface area contributed by atoms with Crippen molar-refractivity contribution in [1.82, 2.24) is 19.9 Å². The van der Waals surface area contributed by atoms with Crippen LogP contribution in [0.5, 0.6) is 0 Å². The second-order valence-electron chi connectivity index (χ2n) is 5.77. The van der Waals surface area contributed by atoms with Crippen LogP contribution in [0.3, 0.4) is 0 Å². The van der Waals surface area contributed by atoms with Crippen molar-refractivity contribution in [1.29, 1.82) is 0 Å². The lowest BCUT2D eigenvalue weighted by molar-refractivity contribution is 0.0664. The molecule has 0 spiro atoms. The summed E-state index contributed by atoms with van der Waals surface area (Å²) in [5.41, 5.74) is 0.278. The van der Waals surface area contributed by atoms with Crippen LogP contribution in [-0.4, -0.2) is 49.1 Å². The highest BCUT2D eigenvalue weighted by atomic mass is 19.1. The molecule has 22 heavy (non-hydrogen) atoms. The van der Waals surface area contributed by atoms with Gasteiger partial charge in [-0.3, -0.25) is 4.79 Å². The van der Waals surface area contributed by atoms with Gasteiger partial charge in [0.1, 0.15) is 5.69 Å². The van der Waals surface area contributed by atoms with Gasteiger partial charge in [-0.05, 0) is 31.4 Å². The first-order valence-corrected chi connectivity index (χ1v) is 7.32. The van der Waals surface area contributed by atoms with Gasteiger partial charge in [0, 0.05) is 6.04 Å². The standard InChI is InChI=1S/C15H15FN4O2/c16-11-3-1-2-10(14(11)20-17-6-7-18-20)15(22)19-9-4-5-12(19)13(21)8-9/h1-3,6-7,9,12-13,21H,4-5,8H2/t9?,12-,13+/m0/s1. The molecule has 3 atom stereocenters. The average Bonchev–Trinajstić information content (AvgIpc) is 3.21. The largest absolute Gasteiger partial charge is 0.391 e. The number of para-hydroxylation sites is 1. The smallest absolute Gasteiger partial charge is 0.256 e. The minimum Gasteiger partial charge on any atom is -0.391 e. The van der Waals surface area contributed by atoms with E-state index in [2.05, 4.69) is 10.2 Å². The van der Waals surface area contributed by atoms with E-state index in [4.69, 9.17) is 0 Å². The Labute approximate surface area is 126 Å². The second-order valence-corrected chi connectivity index (χ2v) is 5.77. The molecule has 114 valence electrons. The number of carbonyl (C=O) groups excluding carboxylic acids is 1. The molecule has 1 amide bonds. The Morgan fingerprint density at radius 1 is 1.27 bits per heavy atom. The highest BCUT2D eigenvalue weighted by Gasteiger charge is 2.48. The van der Waals surface area contributed by atoms with Gasteiger partial charge in [0.2, 0.25) is 0 Å². The molecule has 2 aliphatic heterocycles. The molecule has 4 rings (SSSR count). The van der Waals surface area contributed by atoms with Gasteiger partial charge in [-0.15, -0.1) is 4.80 Å². The van der Waals surface area contributed by atoms with E-state index in [9.17, 15) is 14.3 Å². The van der Waals surface area contributed by atoms with Crippen molar-refractivity contribution in [3.8, 4) is 5.69 Å². The summed E-state index contributed by atoms with van der Waals surface area (Å²) in [6.45, 7) is 0. The summed E-state index contributed by atoms with van der Waals surface area (Å²) in [7, 11) is 0. The van der Waals surface area contributed by atoms with Crippen molar-refractivity contribution >= 4 is 5.91 Å². The average molecular weight is 302 g/mol. The monoisotopic (exact) mass is 302 g/mol. The van der Waals surface area contributed by atoms with E-state index in [1.807, 2.05) is 0 Å². The normalized spacial score (nSPS) is 26.6. The van der Waals surface area contributed by atoms with Crippen LogP contribution in [0.1, 0.15) is 29.6 Å². The van der Waals surface area contributed by atoms with E-state index in [0.717, 1.165) is 17.6 Å². The first-order chi connectivity index (χ1) is 10.7. The van der Waals surface area contributed by atoms with Crippen molar-refractivity contribution in [2.45, 2.75) is 37.5 Å². The van der Waals surface area contributed by atoms with Gasteiger partial charge in [0.25, 0.3) is 5.91 Å². The van der Waals surface area contributed by atoms with Gasteiger partial charge in [-0.1, -0.05) is 6.07 Å². The predicted molar refractivity (Wildman–Crippen MR) is 74.9 cm³/mol. The number of hydrogen-bond donors (Lipinski definition) is 1. The summed E-state index contributed by atoms with van der Waals surface area (Å²) in [5.74, 6) is -0.815. The van der Waals surface area contributed by atoms with Gasteiger partial charge in [0.15, 0.2) is 5.82 Å². The number of rotatable bonds is 2. The van der Waals surface area contributed by atoms with Crippen molar-refractivity contribution in [3.05, 3.63) is 42.0 Å². The van der Waals surface area contributed by atoms with Crippen LogP contribution in [-0.2, 0) is 0 Å². The molecular weight excluding hydrogens is 287 g/mol. The summed E-state index contributed by atoms with van der Waals surface area (Å²) in [5, 5.41) is 17.9. The number of carbonyl (C=O) groups is 1. The van der Waals surface area contributed by atoms with E-state index >= 15 is 0 Å². The summed E-state index contributed by atoms with van der Waals surface area (Å²) < 4.78 is 14.2. The lowest BCUT2D eigenvalue weighted by atomic mass is 9.98. The van der Waals surface area contributed by atoms with Crippen LogP contribution >= 0.6 is 0 Å². The number of nitrogens with zero attached hydrogens (tertiary/aromatic N) is 4. The third kappa shape index (κ3) is 1.85. The van der Waals surface area contributed by atoms with Gasteiger partial charge in [0.05, 0.1) is 30.1 Å². The topological polar surface area (TPSA) is 71.2 Å². The fraction of sp³-hybridized carbons (Fsp3) is 0.400. The Morgan fingerprint density at radius 2 is 2.05 bits per heavy atom. The molecule has 2 fully saturated rings. The zero-order chi connectivity index (χ0) is 15.3. The fourth-order valence-electron chi connectivity index (χ4n) is 3.64. The quantitative estimate of drug-likeness (QED) is 0.903. The number of fused-ring (bicyclic) bond motifs is 2.